The summed E-state index contributed by atoms with van der Waals surface area (Å²) < 4.78 is 17.8. The molecule has 8 nitrogen and oxygen atoms in total. The molecule has 1 saturated carbocycles. The van der Waals surface area contributed by atoms with Gasteiger partial charge in [-0.15, -0.1) is 0 Å². The fraction of sp³-hybridized carbons (Fsp3) is 0.400. The third kappa shape index (κ3) is 8.86. The maximum absolute atomic E-state index is 14.2. The van der Waals surface area contributed by atoms with Gasteiger partial charge in [0.05, 0.1) is 5.92 Å². The second-order valence-electron chi connectivity index (χ2n) is 13.5. The smallest absolute Gasteiger partial charge is 0.331 e. The summed E-state index contributed by atoms with van der Waals surface area (Å²) in [5.74, 6) is -4.66. The first-order valence-electron chi connectivity index (χ1n) is 16.4. The van der Waals surface area contributed by atoms with E-state index in [-0.39, 0.29) is 12.8 Å². The maximum Gasteiger partial charge on any atom is 0.331 e. The van der Waals surface area contributed by atoms with Crippen LogP contribution >= 0.6 is 0 Å². The van der Waals surface area contributed by atoms with Crippen LogP contribution in [0.2, 0.25) is 0 Å². The van der Waals surface area contributed by atoms with Gasteiger partial charge in [0.25, 0.3) is 0 Å². The molecule has 0 radical (unpaired) electrons. The Morgan fingerprint density at radius 2 is 1.42 bits per heavy atom. The predicted molar refractivity (Wildman–Crippen MR) is 184 cm³/mol. The number of Topliss-reactive ketones (excluding diaryl/α,β-unsaturated/α-hetero) is 1. The van der Waals surface area contributed by atoms with Crippen molar-refractivity contribution in [3.05, 3.63) is 108 Å². The van der Waals surface area contributed by atoms with Crippen molar-refractivity contribution in [2.75, 3.05) is 0 Å². The van der Waals surface area contributed by atoms with Crippen LogP contribution in [-0.2, 0) is 33.4 Å². The molecule has 7 atom stereocenters. The van der Waals surface area contributed by atoms with Crippen LogP contribution in [0.5, 0.6) is 0 Å². The number of hydrogen-bond donors (Lipinski definition) is 1. The van der Waals surface area contributed by atoms with E-state index >= 15 is 0 Å². The van der Waals surface area contributed by atoms with E-state index in [4.69, 9.17) is 14.2 Å². The second-order valence-corrected chi connectivity index (χ2v) is 13.5. The van der Waals surface area contributed by atoms with Crippen molar-refractivity contribution >= 4 is 35.8 Å². The van der Waals surface area contributed by atoms with Crippen LogP contribution in [0.25, 0.3) is 12.2 Å². The number of allylic oxidation sites excluding steroid dienone is 1. The molecule has 2 aliphatic rings. The summed E-state index contributed by atoms with van der Waals surface area (Å²) in [4.78, 5) is 52.8. The lowest BCUT2D eigenvalue weighted by Crippen LogP contribution is -2.54. The predicted octanol–water partition coefficient (Wildman–Crippen LogP) is 6.69. The molecule has 0 bridgehead atoms. The van der Waals surface area contributed by atoms with Gasteiger partial charge in [-0.25, -0.2) is 9.59 Å². The van der Waals surface area contributed by atoms with Crippen molar-refractivity contribution in [2.24, 2.45) is 23.2 Å². The van der Waals surface area contributed by atoms with Crippen molar-refractivity contribution in [1.82, 2.24) is 0 Å². The topological polar surface area (TPSA) is 116 Å². The van der Waals surface area contributed by atoms with Gasteiger partial charge in [0, 0.05) is 30.4 Å². The molecule has 1 fully saturated rings. The Hall–Kier alpha value is -4.56. The van der Waals surface area contributed by atoms with Gasteiger partial charge < -0.3 is 19.3 Å². The Labute approximate surface area is 283 Å². The minimum absolute atomic E-state index is 0.00253. The van der Waals surface area contributed by atoms with Gasteiger partial charge in [-0.1, -0.05) is 107 Å². The van der Waals surface area contributed by atoms with Crippen molar-refractivity contribution in [3.8, 4) is 0 Å². The number of rotatable bonds is 7. The molecule has 4 rings (SSSR count). The minimum atomic E-state index is -1.99. The van der Waals surface area contributed by atoms with Crippen molar-refractivity contribution in [2.45, 2.75) is 77.8 Å². The molecule has 0 unspecified atom stereocenters. The zero-order valence-electron chi connectivity index (χ0n) is 28.3. The Morgan fingerprint density at radius 1 is 0.875 bits per heavy atom. The molecule has 0 spiro atoms. The molecule has 0 saturated heterocycles. The van der Waals surface area contributed by atoms with Crippen LogP contribution in [0.15, 0.2) is 97.1 Å². The van der Waals surface area contributed by atoms with Gasteiger partial charge in [-0.3, -0.25) is 9.59 Å². The quantitative estimate of drug-likeness (QED) is 0.152. The fourth-order valence-corrected chi connectivity index (χ4v) is 6.67. The highest BCUT2D eigenvalue weighted by molar-refractivity contribution is 5.92. The average Bonchev–Trinajstić information content (AvgIpc) is 3.31. The highest BCUT2D eigenvalue weighted by Gasteiger charge is 2.61. The van der Waals surface area contributed by atoms with Crippen molar-refractivity contribution in [1.29, 1.82) is 0 Å². The van der Waals surface area contributed by atoms with E-state index in [1.165, 1.54) is 19.1 Å². The Balaban J connectivity index is 1.67. The van der Waals surface area contributed by atoms with Crippen molar-refractivity contribution in [3.63, 3.8) is 0 Å². The van der Waals surface area contributed by atoms with Gasteiger partial charge in [0.15, 0.2) is 5.78 Å². The van der Waals surface area contributed by atoms with Gasteiger partial charge in [0.2, 0.25) is 0 Å². The number of hydrogen-bond acceptors (Lipinski definition) is 8. The first kappa shape index (κ1) is 36.3. The number of ketones is 1. The number of ether oxygens (including phenoxy) is 3. The summed E-state index contributed by atoms with van der Waals surface area (Å²) in [7, 11) is 0. The van der Waals surface area contributed by atoms with E-state index < -0.39 is 70.8 Å². The van der Waals surface area contributed by atoms with Gasteiger partial charge >= 0.3 is 17.9 Å². The molecule has 254 valence electrons. The number of aliphatic hydroxyl groups is 1. The lowest BCUT2D eigenvalue weighted by Gasteiger charge is -2.39. The minimum Gasteiger partial charge on any atom is -0.458 e. The summed E-state index contributed by atoms with van der Waals surface area (Å²) in [5.41, 5.74) is -0.647. The van der Waals surface area contributed by atoms with Crippen LogP contribution in [-0.4, -0.2) is 52.7 Å². The fourth-order valence-electron chi connectivity index (χ4n) is 6.67. The number of benzene rings is 2. The lowest BCUT2D eigenvalue weighted by molar-refractivity contribution is -0.170. The van der Waals surface area contributed by atoms with E-state index in [1.807, 2.05) is 80.6 Å². The molecule has 48 heavy (non-hydrogen) atoms. The average molecular weight is 655 g/mol. The molecular formula is C40H46O8. The molecule has 0 heterocycles. The van der Waals surface area contributed by atoms with E-state index in [0.29, 0.717) is 12.0 Å². The Kier molecular flexibility index (Phi) is 11.8. The summed E-state index contributed by atoms with van der Waals surface area (Å²) in [6.45, 7) is 12.8. The summed E-state index contributed by atoms with van der Waals surface area (Å²) in [5, 5.41) is 12.2. The van der Waals surface area contributed by atoms with Gasteiger partial charge in [-0.2, -0.15) is 0 Å². The molecule has 1 N–H and O–H groups in total. The summed E-state index contributed by atoms with van der Waals surface area (Å²) in [6.07, 6.45) is 7.28. The van der Waals surface area contributed by atoms with E-state index in [2.05, 4.69) is 6.58 Å². The summed E-state index contributed by atoms with van der Waals surface area (Å²) >= 11 is 0. The first-order valence-corrected chi connectivity index (χ1v) is 16.4. The number of carbonyl (C=O) groups is 4. The molecular weight excluding hydrogens is 608 g/mol. The molecule has 0 aromatic heterocycles. The van der Waals surface area contributed by atoms with Crippen LogP contribution in [0.4, 0.5) is 0 Å². The SMILES string of the molecule is C=C1CC[C@@H](OC(=O)/C=C/c2ccccc2)C(C)(C)/C=C/[C@H](C)C(=O)[C@@]2(O)C[C@H](C)[C@H](OC(=O)/C=C/c3ccccc3)[C@@H]2[C@H]1OC(C)=O. The third-order valence-electron chi connectivity index (χ3n) is 9.27. The van der Waals surface area contributed by atoms with Crippen LogP contribution < -0.4 is 0 Å². The lowest BCUT2D eigenvalue weighted by atomic mass is 9.73. The van der Waals surface area contributed by atoms with Crippen LogP contribution in [0, 0.1) is 23.2 Å². The van der Waals surface area contributed by atoms with E-state index in [0.717, 1.165) is 11.1 Å². The molecule has 0 amide bonds. The zero-order chi connectivity index (χ0) is 35.1. The van der Waals surface area contributed by atoms with Crippen LogP contribution in [0.3, 0.4) is 0 Å². The molecule has 8 heteroatoms. The standard InChI is InChI=1S/C40H46O8/c1-26-17-20-32(47-33(42)21-18-30-13-9-7-10-14-30)39(5,6)24-23-27(2)38(44)40(45)25-28(3)37(35(40)36(26)46-29(4)41)48-34(43)22-19-31-15-11-8-12-16-31/h7-16,18-19,21-24,27-28,32,35-37,45H,1,17,20,25H2,2-6H3/b21-18+,22-19+,24-23+/t27-,28-,32+,35-,36-,37-,40+/m0/s1. The van der Waals surface area contributed by atoms with Gasteiger partial charge in [-0.05, 0) is 54.0 Å². The molecule has 0 aliphatic heterocycles. The zero-order valence-corrected chi connectivity index (χ0v) is 28.3. The van der Waals surface area contributed by atoms with Crippen molar-refractivity contribution < 1.29 is 38.5 Å². The normalized spacial score (nSPS) is 29.8. The number of esters is 3. The first-order chi connectivity index (χ1) is 22.7. The van der Waals surface area contributed by atoms with Crippen LogP contribution in [0.1, 0.15) is 65.0 Å². The Morgan fingerprint density at radius 3 is 1.96 bits per heavy atom. The maximum atomic E-state index is 14.2. The Bertz CT molecular complexity index is 1570. The second kappa shape index (κ2) is 15.6. The monoisotopic (exact) mass is 654 g/mol. The number of fused-ring (bicyclic) bond motifs is 1. The van der Waals surface area contributed by atoms with E-state index in [9.17, 15) is 24.3 Å². The third-order valence-corrected chi connectivity index (χ3v) is 9.27. The van der Waals surface area contributed by atoms with E-state index in [1.54, 1.807) is 32.1 Å². The molecule has 2 aromatic carbocycles. The van der Waals surface area contributed by atoms with Gasteiger partial charge in [0.1, 0.15) is 23.9 Å². The highest BCUT2D eigenvalue weighted by Crippen LogP contribution is 2.48. The summed E-state index contributed by atoms with van der Waals surface area (Å²) in [6, 6.07) is 18.6. The molecule has 2 aromatic rings. The largest absolute Gasteiger partial charge is 0.458 e. The number of carbonyl (C=O) groups excluding carboxylic acids is 4. The molecule has 2 aliphatic carbocycles. The highest BCUT2D eigenvalue weighted by atomic mass is 16.6.